The Labute approximate surface area is 114 Å². The fraction of sp³-hybridized carbons (Fsp3) is 0.533. The molecule has 106 valence electrons. The first kappa shape index (κ1) is 15.3. The Morgan fingerprint density at radius 1 is 1.21 bits per heavy atom. The summed E-state index contributed by atoms with van der Waals surface area (Å²) in [6.45, 7) is 4.88. The maximum atomic E-state index is 11.8. The zero-order valence-corrected chi connectivity index (χ0v) is 11.8. The molecule has 0 saturated carbocycles. The minimum absolute atomic E-state index is 0.346. The number of nitrogen functional groups attached to an aromatic ring is 1. The molecule has 0 fully saturated rings. The summed E-state index contributed by atoms with van der Waals surface area (Å²) in [4.78, 5) is 11.8. The lowest BCUT2D eigenvalue weighted by Gasteiger charge is -2.11. The second kappa shape index (κ2) is 8.40. The highest BCUT2D eigenvalue weighted by molar-refractivity contribution is 5.93. The Balaban J connectivity index is 2.63. The molecule has 0 heterocycles. The van der Waals surface area contributed by atoms with Crippen molar-refractivity contribution >= 4 is 11.7 Å². The van der Waals surface area contributed by atoms with Crippen molar-refractivity contribution in [3.63, 3.8) is 0 Å². The van der Waals surface area contributed by atoms with Gasteiger partial charge in [0.15, 0.2) is 0 Å². The van der Waals surface area contributed by atoms with Gasteiger partial charge in [-0.3, -0.25) is 0 Å². The third kappa shape index (κ3) is 5.20. The van der Waals surface area contributed by atoms with Crippen LogP contribution in [0, 0.1) is 0 Å². The number of unbranched alkanes of at least 4 members (excludes halogenated alkanes) is 3. The zero-order valence-electron chi connectivity index (χ0n) is 11.8. The van der Waals surface area contributed by atoms with Crippen LogP contribution in [0.1, 0.15) is 49.9 Å². The van der Waals surface area contributed by atoms with Gasteiger partial charge in [-0.15, -0.1) is 0 Å². The molecule has 1 rings (SSSR count). The summed E-state index contributed by atoms with van der Waals surface area (Å²) in [5, 5.41) is 0. The zero-order chi connectivity index (χ0) is 14.1. The molecule has 0 aliphatic heterocycles. The van der Waals surface area contributed by atoms with Crippen LogP contribution in [0.15, 0.2) is 18.2 Å². The maximum absolute atomic E-state index is 11.8. The number of anilines is 1. The first-order valence-corrected chi connectivity index (χ1v) is 6.88. The molecule has 1 aromatic carbocycles. The van der Waals surface area contributed by atoms with E-state index in [-0.39, 0.29) is 5.97 Å². The second-order valence-electron chi connectivity index (χ2n) is 4.39. The lowest BCUT2D eigenvalue weighted by Crippen LogP contribution is -2.09. The molecule has 0 atom stereocenters. The first-order valence-electron chi connectivity index (χ1n) is 6.88. The molecule has 0 bridgehead atoms. The number of ether oxygens (including phenoxy) is 2. The second-order valence-corrected chi connectivity index (χ2v) is 4.39. The Bertz CT molecular complexity index is 404. The quantitative estimate of drug-likeness (QED) is 0.444. The van der Waals surface area contributed by atoms with E-state index in [2.05, 4.69) is 6.92 Å². The number of esters is 1. The van der Waals surface area contributed by atoms with Gasteiger partial charge < -0.3 is 15.2 Å². The van der Waals surface area contributed by atoms with Crippen LogP contribution in [0.5, 0.6) is 5.75 Å². The molecule has 0 spiro atoms. The Kier molecular flexibility index (Phi) is 6.79. The van der Waals surface area contributed by atoms with Crippen LogP contribution in [0.4, 0.5) is 5.69 Å². The summed E-state index contributed by atoms with van der Waals surface area (Å²) >= 11 is 0. The lowest BCUT2D eigenvalue weighted by atomic mass is 10.2. The monoisotopic (exact) mass is 265 g/mol. The van der Waals surface area contributed by atoms with Crippen LogP contribution in [0.2, 0.25) is 0 Å². The van der Waals surface area contributed by atoms with Gasteiger partial charge in [0, 0.05) is 11.8 Å². The molecule has 0 aliphatic rings. The number of nitrogens with two attached hydrogens (primary N) is 1. The van der Waals surface area contributed by atoms with E-state index in [1.165, 1.54) is 12.8 Å². The van der Waals surface area contributed by atoms with Crippen molar-refractivity contribution in [2.24, 2.45) is 0 Å². The van der Waals surface area contributed by atoms with Crippen molar-refractivity contribution in [3.05, 3.63) is 23.8 Å². The fourth-order valence-electron chi connectivity index (χ4n) is 1.75. The molecule has 2 N–H and O–H groups in total. The van der Waals surface area contributed by atoms with Gasteiger partial charge in [0.05, 0.1) is 13.2 Å². The van der Waals surface area contributed by atoms with E-state index in [9.17, 15) is 4.79 Å². The number of hydrogen-bond acceptors (Lipinski definition) is 4. The summed E-state index contributed by atoms with van der Waals surface area (Å²) in [5.74, 6) is 0.140. The van der Waals surface area contributed by atoms with Gasteiger partial charge in [0.1, 0.15) is 11.3 Å². The molecule has 1 aromatic rings. The summed E-state index contributed by atoms with van der Waals surface area (Å²) in [6, 6.07) is 5.00. The van der Waals surface area contributed by atoms with Crippen molar-refractivity contribution in [3.8, 4) is 5.75 Å². The third-order valence-electron chi connectivity index (χ3n) is 2.76. The van der Waals surface area contributed by atoms with Crippen LogP contribution in [0.25, 0.3) is 0 Å². The van der Waals surface area contributed by atoms with Gasteiger partial charge in [-0.1, -0.05) is 26.2 Å². The lowest BCUT2D eigenvalue weighted by molar-refractivity contribution is 0.0521. The summed E-state index contributed by atoms with van der Waals surface area (Å²) in [6.07, 6.45) is 4.50. The SMILES string of the molecule is CCCCCCOc1cc(N)ccc1C(=O)OCC. The van der Waals surface area contributed by atoms with Crippen LogP contribution in [-0.2, 0) is 4.74 Å². The van der Waals surface area contributed by atoms with Crippen molar-refractivity contribution in [2.75, 3.05) is 18.9 Å². The van der Waals surface area contributed by atoms with Gasteiger partial charge in [-0.25, -0.2) is 4.79 Å². The molecule has 19 heavy (non-hydrogen) atoms. The fourth-order valence-corrected chi connectivity index (χ4v) is 1.75. The highest BCUT2D eigenvalue weighted by Crippen LogP contribution is 2.23. The Hall–Kier alpha value is -1.71. The normalized spacial score (nSPS) is 10.2. The van der Waals surface area contributed by atoms with Crippen molar-refractivity contribution in [1.29, 1.82) is 0 Å². The predicted molar refractivity (Wildman–Crippen MR) is 76.4 cm³/mol. The smallest absolute Gasteiger partial charge is 0.341 e. The molecule has 4 nitrogen and oxygen atoms in total. The number of hydrogen-bond donors (Lipinski definition) is 1. The predicted octanol–water partition coefficient (Wildman–Crippen LogP) is 3.40. The van der Waals surface area contributed by atoms with Gasteiger partial charge in [0.25, 0.3) is 0 Å². The minimum atomic E-state index is -0.369. The summed E-state index contributed by atoms with van der Waals surface area (Å²) in [7, 11) is 0. The summed E-state index contributed by atoms with van der Waals surface area (Å²) < 4.78 is 10.6. The van der Waals surface area contributed by atoms with Gasteiger partial charge in [0.2, 0.25) is 0 Å². The molecule has 0 aromatic heterocycles. The van der Waals surface area contributed by atoms with Crippen LogP contribution >= 0.6 is 0 Å². The largest absolute Gasteiger partial charge is 0.493 e. The first-order chi connectivity index (χ1) is 9.19. The van der Waals surface area contributed by atoms with E-state index in [1.54, 1.807) is 25.1 Å². The number of carbonyl (C=O) groups is 1. The van der Waals surface area contributed by atoms with E-state index in [4.69, 9.17) is 15.2 Å². The average molecular weight is 265 g/mol. The minimum Gasteiger partial charge on any atom is -0.493 e. The number of rotatable bonds is 8. The van der Waals surface area contributed by atoms with Crippen molar-refractivity contribution < 1.29 is 14.3 Å². The molecule has 4 heteroatoms. The van der Waals surface area contributed by atoms with E-state index in [1.807, 2.05) is 0 Å². The van der Waals surface area contributed by atoms with E-state index >= 15 is 0 Å². The molecule has 0 radical (unpaired) electrons. The third-order valence-corrected chi connectivity index (χ3v) is 2.76. The van der Waals surface area contributed by atoms with Crippen molar-refractivity contribution in [1.82, 2.24) is 0 Å². The molecular formula is C15H23NO3. The average Bonchev–Trinajstić information content (AvgIpc) is 2.39. The van der Waals surface area contributed by atoms with Crippen LogP contribution in [0.3, 0.4) is 0 Å². The van der Waals surface area contributed by atoms with Crippen LogP contribution < -0.4 is 10.5 Å². The summed E-state index contributed by atoms with van der Waals surface area (Å²) in [5.41, 5.74) is 6.74. The molecule has 0 aliphatic carbocycles. The van der Waals surface area contributed by atoms with Gasteiger partial charge in [-0.05, 0) is 25.5 Å². The highest BCUT2D eigenvalue weighted by atomic mass is 16.5. The molecular weight excluding hydrogens is 242 g/mol. The molecule has 0 saturated heterocycles. The Morgan fingerprint density at radius 3 is 2.68 bits per heavy atom. The molecule has 0 unspecified atom stereocenters. The number of carbonyl (C=O) groups excluding carboxylic acids is 1. The van der Waals surface area contributed by atoms with Gasteiger partial charge in [-0.2, -0.15) is 0 Å². The topological polar surface area (TPSA) is 61.5 Å². The number of benzene rings is 1. The van der Waals surface area contributed by atoms with E-state index in [0.717, 1.165) is 12.8 Å². The van der Waals surface area contributed by atoms with Crippen molar-refractivity contribution in [2.45, 2.75) is 39.5 Å². The standard InChI is InChI=1S/C15H23NO3/c1-3-5-6-7-10-19-14-11-12(16)8-9-13(14)15(17)18-4-2/h8-9,11H,3-7,10,16H2,1-2H3. The highest BCUT2D eigenvalue weighted by Gasteiger charge is 2.13. The molecule has 0 amide bonds. The maximum Gasteiger partial charge on any atom is 0.341 e. The van der Waals surface area contributed by atoms with Crippen LogP contribution in [-0.4, -0.2) is 19.2 Å². The van der Waals surface area contributed by atoms with E-state index in [0.29, 0.717) is 30.2 Å². The Morgan fingerprint density at radius 2 is 2.00 bits per heavy atom. The van der Waals surface area contributed by atoms with E-state index < -0.39 is 0 Å². The van der Waals surface area contributed by atoms with Gasteiger partial charge >= 0.3 is 5.97 Å².